The minimum Gasteiger partial charge on any atom is -0.466 e. The standard InChI is InChI=1S/C13H11ClF3NO2S/c1-2-20-11(19)5-8-3-9(6-14)12(10(4-8)7-18)21-13(15,16)17/h3-4H,2,5-6H2,1H3. The fraction of sp³-hybridized carbons (Fsp3) is 0.385. The maximum Gasteiger partial charge on any atom is 0.446 e. The van der Waals surface area contributed by atoms with Crippen molar-refractivity contribution < 1.29 is 22.7 Å². The number of nitrogens with zero attached hydrogens (tertiary/aromatic N) is 1. The first-order valence-electron chi connectivity index (χ1n) is 5.84. The molecule has 0 unspecified atom stereocenters. The Morgan fingerprint density at radius 1 is 1.48 bits per heavy atom. The molecule has 0 aromatic heterocycles. The lowest BCUT2D eigenvalue weighted by Gasteiger charge is -2.13. The fourth-order valence-electron chi connectivity index (χ4n) is 1.65. The molecular formula is C13H11ClF3NO2S. The molecule has 0 spiro atoms. The van der Waals surface area contributed by atoms with Crippen LogP contribution in [0, 0.1) is 11.3 Å². The Balaban J connectivity index is 3.18. The lowest BCUT2D eigenvalue weighted by atomic mass is 10.0. The van der Waals surface area contributed by atoms with Crippen LogP contribution in [-0.4, -0.2) is 18.1 Å². The maximum absolute atomic E-state index is 12.5. The van der Waals surface area contributed by atoms with Gasteiger partial charge in [-0.25, -0.2) is 0 Å². The predicted molar refractivity (Wildman–Crippen MR) is 73.0 cm³/mol. The average Bonchev–Trinajstić information content (AvgIpc) is 2.38. The SMILES string of the molecule is CCOC(=O)Cc1cc(C#N)c(SC(F)(F)F)c(CCl)c1. The van der Waals surface area contributed by atoms with Gasteiger partial charge in [-0.3, -0.25) is 4.79 Å². The Bertz CT molecular complexity index is 570. The molecule has 0 heterocycles. The highest BCUT2D eigenvalue weighted by atomic mass is 35.5. The lowest BCUT2D eigenvalue weighted by Crippen LogP contribution is -2.09. The molecule has 0 atom stereocenters. The largest absolute Gasteiger partial charge is 0.466 e. The minimum absolute atomic E-state index is 0.122. The quantitative estimate of drug-likeness (QED) is 0.462. The molecule has 3 nitrogen and oxygen atoms in total. The summed E-state index contributed by atoms with van der Waals surface area (Å²) in [7, 11) is 0. The number of esters is 1. The molecule has 1 rings (SSSR count). The third-order valence-corrected chi connectivity index (χ3v) is 3.57. The van der Waals surface area contributed by atoms with E-state index in [1.807, 2.05) is 0 Å². The van der Waals surface area contributed by atoms with Gasteiger partial charge >= 0.3 is 11.5 Å². The van der Waals surface area contributed by atoms with Gasteiger partial charge in [0.2, 0.25) is 0 Å². The molecular weight excluding hydrogens is 327 g/mol. The Kier molecular flexibility index (Phi) is 6.37. The van der Waals surface area contributed by atoms with Crippen LogP contribution in [0.4, 0.5) is 13.2 Å². The van der Waals surface area contributed by atoms with Crippen LogP contribution >= 0.6 is 23.4 Å². The number of rotatable bonds is 5. The number of thioether (sulfide) groups is 1. The molecule has 0 aliphatic carbocycles. The van der Waals surface area contributed by atoms with Crippen molar-refractivity contribution >= 4 is 29.3 Å². The van der Waals surface area contributed by atoms with Gasteiger partial charge < -0.3 is 4.74 Å². The molecule has 0 saturated carbocycles. The number of ether oxygens (including phenoxy) is 1. The second-order valence-electron chi connectivity index (χ2n) is 3.91. The number of carbonyl (C=O) groups excluding carboxylic acids is 1. The van der Waals surface area contributed by atoms with Crippen LogP contribution in [0.15, 0.2) is 17.0 Å². The highest BCUT2D eigenvalue weighted by molar-refractivity contribution is 8.00. The van der Waals surface area contributed by atoms with E-state index in [-0.39, 0.29) is 46.7 Å². The van der Waals surface area contributed by atoms with E-state index >= 15 is 0 Å². The summed E-state index contributed by atoms with van der Waals surface area (Å²) >= 11 is 5.27. The van der Waals surface area contributed by atoms with E-state index in [0.29, 0.717) is 5.56 Å². The van der Waals surface area contributed by atoms with E-state index < -0.39 is 11.5 Å². The first kappa shape index (κ1) is 17.7. The smallest absolute Gasteiger partial charge is 0.446 e. The number of benzene rings is 1. The molecule has 0 aliphatic rings. The van der Waals surface area contributed by atoms with E-state index in [2.05, 4.69) is 0 Å². The summed E-state index contributed by atoms with van der Waals surface area (Å²) in [6, 6.07) is 4.35. The van der Waals surface area contributed by atoms with Crippen molar-refractivity contribution in [2.45, 2.75) is 29.6 Å². The number of hydrogen-bond donors (Lipinski definition) is 0. The summed E-state index contributed by atoms with van der Waals surface area (Å²) in [5.74, 6) is -0.706. The van der Waals surface area contributed by atoms with Crippen LogP contribution in [-0.2, 0) is 21.8 Å². The molecule has 0 radical (unpaired) electrons. The minimum atomic E-state index is -4.52. The normalized spacial score (nSPS) is 11.0. The van der Waals surface area contributed by atoms with E-state index in [1.54, 1.807) is 13.0 Å². The summed E-state index contributed by atoms with van der Waals surface area (Å²) < 4.78 is 42.3. The van der Waals surface area contributed by atoms with Crippen molar-refractivity contribution in [3.05, 3.63) is 28.8 Å². The molecule has 0 amide bonds. The second-order valence-corrected chi connectivity index (χ2v) is 5.25. The third kappa shape index (κ3) is 5.48. The van der Waals surface area contributed by atoms with Crippen LogP contribution in [0.1, 0.15) is 23.6 Å². The average molecular weight is 338 g/mol. The van der Waals surface area contributed by atoms with Crippen molar-refractivity contribution in [1.82, 2.24) is 0 Å². The van der Waals surface area contributed by atoms with E-state index in [0.717, 1.165) is 0 Å². The zero-order chi connectivity index (χ0) is 16.0. The summed E-state index contributed by atoms with van der Waals surface area (Å²) in [5.41, 5.74) is -4.12. The van der Waals surface area contributed by atoms with Crippen LogP contribution in [0.2, 0.25) is 0 Å². The molecule has 114 valence electrons. The van der Waals surface area contributed by atoms with Gasteiger partial charge in [0.05, 0.1) is 18.6 Å². The zero-order valence-electron chi connectivity index (χ0n) is 11.0. The fourth-order valence-corrected chi connectivity index (χ4v) is 2.65. The molecule has 21 heavy (non-hydrogen) atoms. The van der Waals surface area contributed by atoms with Gasteiger partial charge in [0.1, 0.15) is 6.07 Å². The number of halogens is 4. The summed E-state index contributed by atoms with van der Waals surface area (Å²) in [4.78, 5) is 11.2. The third-order valence-electron chi connectivity index (χ3n) is 2.36. The summed E-state index contributed by atoms with van der Waals surface area (Å²) in [6.07, 6.45) is -0.122. The number of carbonyl (C=O) groups is 1. The zero-order valence-corrected chi connectivity index (χ0v) is 12.5. The van der Waals surface area contributed by atoms with Gasteiger partial charge in [-0.2, -0.15) is 18.4 Å². The first-order chi connectivity index (χ1) is 9.80. The van der Waals surface area contributed by atoms with Gasteiger partial charge in [0, 0.05) is 10.8 Å². The van der Waals surface area contributed by atoms with Crippen LogP contribution in [0.5, 0.6) is 0 Å². The van der Waals surface area contributed by atoms with Crippen molar-refractivity contribution in [2.24, 2.45) is 0 Å². The number of nitriles is 1. The molecule has 1 aromatic carbocycles. The van der Waals surface area contributed by atoms with Gasteiger partial charge in [0.25, 0.3) is 0 Å². The van der Waals surface area contributed by atoms with Gasteiger partial charge in [-0.15, -0.1) is 11.6 Å². The Morgan fingerprint density at radius 2 is 2.14 bits per heavy atom. The van der Waals surface area contributed by atoms with Crippen LogP contribution in [0.3, 0.4) is 0 Å². The molecule has 0 aliphatic heterocycles. The van der Waals surface area contributed by atoms with Gasteiger partial charge in [-0.05, 0) is 35.9 Å². The van der Waals surface area contributed by atoms with Crippen molar-refractivity contribution in [2.75, 3.05) is 6.61 Å². The monoisotopic (exact) mass is 337 g/mol. The Labute approximate surface area is 129 Å². The first-order valence-corrected chi connectivity index (χ1v) is 7.19. The predicted octanol–water partition coefficient (Wildman–Crippen LogP) is 4.01. The Hall–Kier alpha value is -1.39. The Morgan fingerprint density at radius 3 is 2.62 bits per heavy atom. The van der Waals surface area contributed by atoms with Crippen molar-refractivity contribution in [3.63, 3.8) is 0 Å². The van der Waals surface area contributed by atoms with Crippen LogP contribution in [0.25, 0.3) is 0 Å². The highest BCUT2D eigenvalue weighted by Gasteiger charge is 2.32. The maximum atomic E-state index is 12.5. The molecule has 0 saturated heterocycles. The van der Waals surface area contributed by atoms with E-state index in [4.69, 9.17) is 21.6 Å². The van der Waals surface area contributed by atoms with Gasteiger partial charge in [0.15, 0.2) is 0 Å². The van der Waals surface area contributed by atoms with Crippen molar-refractivity contribution in [3.8, 4) is 6.07 Å². The highest BCUT2D eigenvalue weighted by Crippen LogP contribution is 2.41. The summed E-state index contributed by atoms with van der Waals surface area (Å²) in [5, 5.41) is 9.01. The molecule has 1 aromatic rings. The molecule has 0 N–H and O–H groups in total. The lowest BCUT2D eigenvalue weighted by molar-refractivity contribution is -0.142. The number of hydrogen-bond acceptors (Lipinski definition) is 4. The van der Waals surface area contributed by atoms with Crippen molar-refractivity contribution in [1.29, 1.82) is 5.26 Å². The van der Waals surface area contributed by atoms with Crippen LogP contribution < -0.4 is 0 Å². The molecule has 0 bridgehead atoms. The summed E-state index contributed by atoms with van der Waals surface area (Å²) in [6.45, 7) is 1.85. The topological polar surface area (TPSA) is 50.1 Å². The van der Waals surface area contributed by atoms with E-state index in [9.17, 15) is 18.0 Å². The van der Waals surface area contributed by atoms with Gasteiger partial charge in [-0.1, -0.05) is 6.07 Å². The second kappa shape index (κ2) is 7.57. The van der Waals surface area contributed by atoms with E-state index in [1.165, 1.54) is 12.1 Å². The number of alkyl halides is 4. The molecule has 0 fully saturated rings. The molecule has 8 heteroatoms.